The first kappa shape index (κ1) is 33.0. The second kappa shape index (κ2) is 15.3. The maximum Gasteiger partial charge on any atom is 0.264 e. The van der Waals surface area contributed by atoms with Gasteiger partial charge in [-0.3, -0.25) is 13.9 Å². The number of methoxy groups -OCH3 is 1. The number of hydrogen-bond acceptors (Lipinski definition) is 5. The third-order valence-corrected chi connectivity index (χ3v) is 10.2. The number of hydrogen-bond donors (Lipinski definition) is 1. The lowest BCUT2D eigenvalue weighted by Crippen LogP contribution is -2.54. The van der Waals surface area contributed by atoms with Crippen LogP contribution in [0.5, 0.6) is 5.75 Å². The molecule has 1 aliphatic carbocycles. The highest BCUT2D eigenvalue weighted by atomic mass is 35.5. The van der Waals surface area contributed by atoms with Crippen molar-refractivity contribution in [2.45, 2.75) is 55.6 Å². The number of ether oxygens (including phenoxy) is 1. The Hall–Kier alpha value is -4.34. The number of benzene rings is 4. The van der Waals surface area contributed by atoms with Gasteiger partial charge in [-0.1, -0.05) is 85.1 Å². The molecular formula is C36H38ClN3O5S. The summed E-state index contributed by atoms with van der Waals surface area (Å²) in [5.74, 6) is -0.179. The van der Waals surface area contributed by atoms with E-state index in [2.05, 4.69) is 5.32 Å². The predicted molar refractivity (Wildman–Crippen MR) is 180 cm³/mol. The van der Waals surface area contributed by atoms with E-state index in [0.717, 1.165) is 41.1 Å². The zero-order valence-corrected chi connectivity index (χ0v) is 27.3. The Morgan fingerprint density at radius 2 is 1.50 bits per heavy atom. The molecule has 46 heavy (non-hydrogen) atoms. The molecule has 0 bridgehead atoms. The molecule has 2 amide bonds. The van der Waals surface area contributed by atoms with Crippen LogP contribution >= 0.6 is 11.6 Å². The van der Waals surface area contributed by atoms with Gasteiger partial charge in [-0.05, 0) is 72.5 Å². The number of anilines is 1. The monoisotopic (exact) mass is 659 g/mol. The number of nitrogens with zero attached hydrogens (tertiary/aromatic N) is 2. The van der Waals surface area contributed by atoms with Gasteiger partial charge >= 0.3 is 0 Å². The lowest BCUT2D eigenvalue weighted by Gasteiger charge is -2.34. The molecular weight excluding hydrogens is 622 g/mol. The Kier molecular flexibility index (Phi) is 11.0. The van der Waals surface area contributed by atoms with Crippen molar-refractivity contribution in [3.63, 3.8) is 0 Å². The van der Waals surface area contributed by atoms with E-state index in [0.29, 0.717) is 16.5 Å². The molecule has 0 unspecified atom stereocenters. The summed E-state index contributed by atoms with van der Waals surface area (Å²) in [6.07, 6.45) is 4.10. The van der Waals surface area contributed by atoms with E-state index in [4.69, 9.17) is 16.3 Å². The summed E-state index contributed by atoms with van der Waals surface area (Å²) in [7, 11) is -2.64. The van der Waals surface area contributed by atoms with Crippen LogP contribution < -0.4 is 14.4 Å². The van der Waals surface area contributed by atoms with E-state index >= 15 is 0 Å². The molecule has 0 spiro atoms. The number of nitrogens with one attached hydrogen (secondary N) is 1. The first-order valence-corrected chi connectivity index (χ1v) is 17.2. The Morgan fingerprint density at radius 1 is 0.870 bits per heavy atom. The van der Waals surface area contributed by atoms with Gasteiger partial charge in [0.05, 0.1) is 17.7 Å². The second-order valence-electron chi connectivity index (χ2n) is 11.4. The van der Waals surface area contributed by atoms with Crippen LogP contribution in [0, 0.1) is 0 Å². The van der Waals surface area contributed by atoms with Crippen LogP contribution in [-0.4, -0.2) is 50.9 Å². The van der Waals surface area contributed by atoms with Crippen molar-refractivity contribution < 1.29 is 22.7 Å². The van der Waals surface area contributed by atoms with Gasteiger partial charge in [-0.15, -0.1) is 0 Å². The van der Waals surface area contributed by atoms with E-state index in [1.165, 1.54) is 29.2 Å². The van der Waals surface area contributed by atoms with Gasteiger partial charge in [0.1, 0.15) is 18.3 Å². The largest absolute Gasteiger partial charge is 0.497 e. The Bertz CT molecular complexity index is 1710. The topological polar surface area (TPSA) is 96.0 Å². The minimum Gasteiger partial charge on any atom is -0.497 e. The lowest BCUT2D eigenvalue weighted by molar-refractivity contribution is -0.140. The number of carbonyl (C=O) groups is 2. The smallest absolute Gasteiger partial charge is 0.264 e. The first-order valence-electron chi connectivity index (χ1n) is 15.3. The number of carbonyl (C=O) groups excluding carboxylic acids is 2. The van der Waals surface area contributed by atoms with Gasteiger partial charge in [0.25, 0.3) is 10.0 Å². The van der Waals surface area contributed by atoms with E-state index < -0.39 is 28.5 Å². The minimum atomic E-state index is -4.20. The first-order chi connectivity index (χ1) is 22.2. The molecule has 8 nitrogen and oxygen atoms in total. The predicted octanol–water partition coefficient (Wildman–Crippen LogP) is 6.24. The molecule has 10 heteroatoms. The number of halogens is 1. The average Bonchev–Trinajstić information content (AvgIpc) is 3.59. The fourth-order valence-electron chi connectivity index (χ4n) is 5.75. The van der Waals surface area contributed by atoms with Gasteiger partial charge in [0.2, 0.25) is 11.8 Å². The molecule has 1 atom stereocenters. The van der Waals surface area contributed by atoms with Crippen LogP contribution in [0.1, 0.15) is 36.8 Å². The van der Waals surface area contributed by atoms with Crippen molar-refractivity contribution in [1.29, 1.82) is 0 Å². The van der Waals surface area contributed by atoms with Crippen molar-refractivity contribution in [3.8, 4) is 5.75 Å². The highest BCUT2D eigenvalue weighted by Gasteiger charge is 2.35. The Morgan fingerprint density at radius 3 is 2.15 bits per heavy atom. The highest BCUT2D eigenvalue weighted by molar-refractivity contribution is 7.92. The van der Waals surface area contributed by atoms with Crippen molar-refractivity contribution in [2.24, 2.45) is 0 Å². The lowest BCUT2D eigenvalue weighted by atomic mass is 10.0. The summed E-state index contributed by atoms with van der Waals surface area (Å²) in [6, 6.07) is 30.3. The van der Waals surface area contributed by atoms with Crippen molar-refractivity contribution in [1.82, 2.24) is 10.2 Å². The quantitative estimate of drug-likeness (QED) is 0.183. The summed E-state index contributed by atoms with van der Waals surface area (Å²) in [5, 5.41) is 3.58. The molecule has 1 aliphatic rings. The van der Waals surface area contributed by atoms with E-state index in [1.807, 2.05) is 48.5 Å². The molecule has 1 saturated carbocycles. The molecule has 4 aromatic rings. The fraction of sp³-hybridized carbons (Fsp3) is 0.278. The van der Waals surface area contributed by atoms with E-state index in [1.54, 1.807) is 43.5 Å². The normalized spacial score (nSPS) is 14.0. The summed E-state index contributed by atoms with van der Waals surface area (Å²) in [4.78, 5) is 30.2. The minimum absolute atomic E-state index is 0.00675. The van der Waals surface area contributed by atoms with E-state index in [9.17, 15) is 18.0 Å². The third kappa shape index (κ3) is 8.27. The van der Waals surface area contributed by atoms with Gasteiger partial charge in [-0.25, -0.2) is 8.42 Å². The number of sulfonamides is 1. The number of rotatable bonds is 13. The number of amides is 2. The van der Waals surface area contributed by atoms with Crippen LogP contribution in [0.2, 0.25) is 5.02 Å². The molecule has 240 valence electrons. The van der Waals surface area contributed by atoms with Crippen LogP contribution in [0.3, 0.4) is 0 Å². The molecule has 0 heterocycles. The van der Waals surface area contributed by atoms with Crippen molar-refractivity contribution >= 4 is 39.1 Å². The Labute approximate surface area is 276 Å². The Balaban J connectivity index is 1.56. The fourth-order valence-corrected chi connectivity index (χ4v) is 7.29. The van der Waals surface area contributed by atoms with Crippen LogP contribution in [-0.2, 0) is 32.6 Å². The number of para-hydroxylation sites is 1. The van der Waals surface area contributed by atoms with Crippen molar-refractivity contribution in [2.75, 3.05) is 18.0 Å². The zero-order valence-electron chi connectivity index (χ0n) is 25.7. The van der Waals surface area contributed by atoms with Crippen molar-refractivity contribution in [3.05, 3.63) is 125 Å². The molecule has 0 aliphatic heterocycles. The van der Waals surface area contributed by atoms with Gasteiger partial charge in [-0.2, -0.15) is 0 Å². The standard InChI is InChI=1S/C36H38ClN3O5S/c1-45-32-18-10-13-28(23-32)25-39(34(24-27-11-4-2-5-12-27)36(42)38-30-14-8-9-15-30)35(41)26-40(31-16-6-3-7-17-31)46(43,44)33-21-19-29(37)20-22-33/h2-7,10-13,16-23,30,34H,8-9,14-15,24-26H2,1H3,(H,38,42)/t34-/m1/s1. The van der Waals surface area contributed by atoms with E-state index in [-0.39, 0.29) is 29.8 Å². The summed E-state index contributed by atoms with van der Waals surface area (Å²) >= 11 is 6.06. The maximum absolute atomic E-state index is 14.6. The molecule has 1 fully saturated rings. The second-order valence-corrected chi connectivity index (χ2v) is 13.7. The third-order valence-electron chi connectivity index (χ3n) is 8.18. The molecule has 5 rings (SSSR count). The van der Waals surface area contributed by atoms with Crippen LogP contribution in [0.25, 0.3) is 0 Å². The van der Waals surface area contributed by atoms with Gasteiger partial charge in [0, 0.05) is 24.0 Å². The summed E-state index contributed by atoms with van der Waals surface area (Å²) < 4.78 is 34.7. The molecule has 0 aromatic heterocycles. The maximum atomic E-state index is 14.6. The average molecular weight is 660 g/mol. The van der Waals surface area contributed by atoms with Crippen LogP contribution in [0.4, 0.5) is 5.69 Å². The molecule has 4 aromatic carbocycles. The molecule has 0 saturated heterocycles. The summed E-state index contributed by atoms with van der Waals surface area (Å²) in [6.45, 7) is -0.462. The summed E-state index contributed by atoms with van der Waals surface area (Å²) in [5.41, 5.74) is 1.94. The SMILES string of the molecule is COc1cccc(CN(C(=O)CN(c2ccccc2)S(=O)(=O)c2ccc(Cl)cc2)[C@H](Cc2ccccc2)C(=O)NC2CCCC2)c1. The van der Waals surface area contributed by atoms with Crippen LogP contribution in [0.15, 0.2) is 114 Å². The molecule has 1 N–H and O–H groups in total. The highest BCUT2D eigenvalue weighted by Crippen LogP contribution is 2.27. The van der Waals surface area contributed by atoms with Gasteiger partial charge in [0.15, 0.2) is 0 Å². The molecule has 0 radical (unpaired) electrons. The zero-order chi connectivity index (χ0) is 32.5. The van der Waals surface area contributed by atoms with Gasteiger partial charge < -0.3 is 15.0 Å².